The van der Waals surface area contributed by atoms with Crippen LogP contribution in [0.1, 0.15) is 32.8 Å². The first-order valence-corrected chi connectivity index (χ1v) is 7.29. The summed E-state index contributed by atoms with van der Waals surface area (Å²) in [6.45, 7) is 8.73. The molecule has 0 fully saturated rings. The first kappa shape index (κ1) is 16.2. The van der Waals surface area contributed by atoms with Gasteiger partial charge in [0.2, 0.25) is 5.91 Å². The van der Waals surface area contributed by atoms with E-state index in [9.17, 15) is 4.79 Å². The van der Waals surface area contributed by atoms with Gasteiger partial charge in [-0.3, -0.25) is 4.79 Å². The highest BCUT2D eigenvalue weighted by Gasteiger charge is 2.23. The van der Waals surface area contributed by atoms with Crippen LogP contribution in [0, 0.1) is 18.3 Å². The van der Waals surface area contributed by atoms with Gasteiger partial charge in [0.05, 0.1) is 5.92 Å². The topological polar surface area (TPSA) is 55.1 Å². The molecular formula is C15H23BrN2O. The van der Waals surface area contributed by atoms with Gasteiger partial charge in [-0.15, -0.1) is 0 Å². The Morgan fingerprint density at radius 3 is 2.53 bits per heavy atom. The summed E-state index contributed by atoms with van der Waals surface area (Å²) >= 11 is 3.46. The number of amides is 1. The highest BCUT2D eigenvalue weighted by Crippen LogP contribution is 2.26. The van der Waals surface area contributed by atoms with Crippen LogP contribution in [-0.2, 0) is 4.79 Å². The Kier molecular flexibility index (Phi) is 5.56. The van der Waals surface area contributed by atoms with Gasteiger partial charge in [0, 0.05) is 16.7 Å². The minimum absolute atomic E-state index is 0.00632. The number of aryl methyl sites for hydroxylation is 1. The minimum Gasteiger partial charge on any atom is -0.330 e. The number of hydrogen-bond acceptors (Lipinski definition) is 2. The number of nitrogens with two attached hydrogens (primary N) is 1. The first-order valence-electron chi connectivity index (χ1n) is 6.50. The number of rotatable bonds is 4. The standard InChI is InChI=1S/C15H23BrN2O/c1-10-5-6-12(7-13(10)16)18-14(19)11(9-17)8-15(2,3)4/h5-7,11H,8-9,17H2,1-4H3,(H,18,19). The van der Waals surface area contributed by atoms with Gasteiger partial charge in [-0.05, 0) is 36.5 Å². The zero-order valence-electron chi connectivity index (χ0n) is 12.1. The van der Waals surface area contributed by atoms with E-state index in [1.165, 1.54) is 0 Å². The lowest BCUT2D eigenvalue weighted by molar-refractivity contribution is -0.120. The van der Waals surface area contributed by atoms with Crippen molar-refractivity contribution in [3.05, 3.63) is 28.2 Å². The van der Waals surface area contributed by atoms with Crippen LogP contribution in [0.25, 0.3) is 0 Å². The average Bonchev–Trinajstić information content (AvgIpc) is 2.29. The third kappa shape index (κ3) is 5.33. The third-order valence-electron chi connectivity index (χ3n) is 2.95. The van der Waals surface area contributed by atoms with Crippen molar-refractivity contribution in [1.29, 1.82) is 0 Å². The average molecular weight is 327 g/mol. The fourth-order valence-corrected chi connectivity index (χ4v) is 2.32. The molecular weight excluding hydrogens is 304 g/mol. The fourth-order valence-electron chi connectivity index (χ4n) is 1.94. The predicted octanol–water partition coefficient (Wildman–Crippen LogP) is 3.71. The monoisotopic (exact) mass is 326 g/mol. The number of nitrogens with one attached hydrogen (secondary N) is 1. The van der Waals surface area contributed by atoms with Gasteiger partial charge < -0.3 is 11.1 Å². The molecule has 4 heteroatoms. The van der Waals surface area contributed by atoms with Crippen molar-refractivity contribution in [2.24, 2.45) is 17.1 Å². The molecule has 0 bridgehead atoms. The molecule has 1 aromatic carbocycles. The second kappa shape index (κ2) is 6.53. The normalized spacial score (nSPS) is 13.2. The molecule has 0 saturated carbocycles. The molecule has 0 aliphatic heterocycles. The quantitative estimate of drug-likeness (QED) is 0.886. The van der Waals surface area contributed by atoms with E-state index in [2.05, 4.69) is 42.0 Å². The van der Waals surface area contributed by atoms with Crippen molar-refractivity contribution in [1.82, 2.24) is 0 Å². The molecule has 0 saturated heterocycles. The van der Waals surface area contributed by atoms with Gasteiger partial charge in [0.1, 0.15) is 0 Å². The number of carbonyl (C=O) groups is 1. The Labute approximate surface area is 124 Å². The predicted molar refractivity (Wildman–Crippen MR) is 84.1 cm³/mol. The molecule has 0 heterocycles. The molecule has 0 aliphatic rings. The Hall–Kier alpha value is -0.870. The number of benzene rings is 1. The van der Waals surface area contributed by atoms with Crippen LogP contribution in [0.5, 0.6) is 0 Å². The van der Waals surface area contributed by atoms with E-state index in [-0.39, 0.29) is 17.2 Å². The Morgan fingerprint density at radius 1 is 1.42 bits per heavy atom. The second-order valence-electron chi connectivity index (χ2n) is 6.15. The van der Waals surface area contributed by atoms with Crippen LogP contribution < -0.4 is 11.1 Å². The Morgan fingerprint density at radius 2 is 2.05 bits per heavy atom. The van der Waals surface area contributed by atoms with Crippen molar-refractivity contribution >= 4 is 27.5 Å². The van der Waals surface area contributed by atoms with E-state index in [0.29, 0.717) is 6.54 Å². The van der Waals surface area contributed by atoms with Gasteiger partial charge in [-0.2, -0.15) is 0 Å². The third-order valence-corrected chi connectivity index (χ3v) is 3.81. The van der Waals surface area contributed by atoms with Crippen molar-refractivity contribution in [2.75, 3.05) is 11.9 Å². The first-order chi connectivity index (χ1) is 8.73. The van der Waals surface area contributed by atoms with E-state index >= 15 is 0 Å². The van der Waals surface area contributed by atoms with Gasteiger partial charge in [0.15, 0.2) is 0 Å². The van der Waals surface area contributed by atoms with Crippen molar-refractivity contribution in [2.45, 2.75) is 34.1 Å². The molecule has 1 rings (SSSR count). The molecule has 0 aliphatic carbocycles. The van der Waals surface area contributed by atoms with Crippen molar-refractivity contribution in [3.63, 3.8) is 0 Å². The maximum atomic E-state index is 12.2. The lowest BCUT2D eigenvalue weighted by Crippen LogP contribution is -2.32. The largest absolute Gasteiger partial charge is 0.330 e. The van der Waals surface area contributed by atoms with E-state index in [1.54, 1.807) is 0 Å². The van der Waals surface area contributed by atoms with E-state index in [1.807, 2.05) is 25.1 Å². The maximum Gasteiger partial charge on any atom is 0.228 e. The number of hydrogen-bond donors (Lipinski definition) is 2. The number of halogens is 1. The van der Waals surface area contributed by atoms with Gasteiger partial charge in [-0.1, -0.05) is 42.8 Å². The summed E-state index contributed by atoms with van der Waals surface area (Å²) in [6, 6.07) is 5.79. The summed E-state index contributed by atoms with van der Waals surface area (Å²) in [7, 11) is 0. The number of carbonyl (C=O) groups excluding carboxylic acids is 1. The Bertz CT molecular complexity index is 452. The van der Waals surface area contributed by atoms with Crippen LogP contribution in [0.3, 0.4) is 0 Å². The second-order valence-corrected chi connectivity index (χ2v) is 7.00. The van der Waals surface area contributed by atoms with Crippen LogP contribution in [0.15, 0.2) is 22.7 Å². The summed E-state index contributed by atoms with van der Waals surface area (Å²) < 4.78 is 0.991. The summed E-state index contributed by atoms with van der Waals surface area (Å²) in [6.07, 6.45) is 0.780. The lowest BCUT2D eigenvalue weighted by Gasteiger charge is -2.24. The molecule has 0 spiro atoms. The van der Waals surface area contributed by atoms with E-state index < -0.39 is 0 Å². The van der Waals surface area contributed by atoms with Crippen LogP contribution in [0.2, 0.25) is 0 Å². The van der Waals surface area contributed by atoms with E-state index in [4.69, 9.17) is 5.73 Å². The summed E-state index contributed by atoms with van der Waals surface area (Å²) in [5, 5.41) is 2.93. The molecule has 106 valence electrons. The molecule has 1 unspecified atom stereocenters. The Balaban J connectivity index is 2.74. The molecule has 1 amide bonds. The van der Waals surface area contributed by atoms with Crippen molar-refractivity contribution < 1.29 is 4.79 Å². The van der Waals surface area contributed by atoms with Crippen LogP contribution in [-0.4, -0.2) is 12.5 Å². The van der Waals surface area contributed by atoms with Crippen LogP contribution >= 0.6 is 15.9 Å². The summed E-state index contributed by atoms with van der Waals surface area (Å²) in [4.78, 5) is 12.2. The lowest BCUT2D eigenvalue weighted by atomic mass is 9.84. The molecule has 3 nitrogen and oxygen atoms in total. The van der Waals surface area contributed by atoms with Crippen molar-refractivity contribution in [3.8, 4) is 0 Å². The van der Waals surface area contributed by atoms with Crippen LogP contribution in [0.4, 0.5) is 5.69 Å². The minimum atomic E-state index is -0.153. The maximum absolute atomic E-state index is 12.2. The summed E-state index contributed by atoms with van der Waals surface area (Å²) in [5.41, 5.74) is 7.75. The smallest absolute Gasteiger partial charge is 0.228 e. The highest BCUT2D eigenvalue weighted by atomic mass is 79.9. The number of anilines is 1. The van der Waals surface area contributed by atoms with Gasteiger partial charge in [0.25, 0.3) is 0 Å². The molecule has 1 aromatic rings. The molecule has 0 aromatic heterocycles. The molecule has 1 atom stereocenters. The highest BCUT2D eigenvalue weighted by molar-refractivity contribution is 9.10. The molecule has 0 radical (unpaired) electrons. The van der Waals surface area contributed by atoms with E-state index in [0.717, 1.165) is 22.1 Å². The summed E-state index contributed by atoms with van der Waals surface area (Å²) in [5.74, 6) is -0.159. The fraction of sp³-hybridized carbons (Fsp3) is 0.533. The zero-order valence-corrected chi connectivity index (χ0v) is 13.7. The SMILES string of the molecule is Cc1ccc(NC(=O)C(CN)CC(C)(C)C)cc1Br. The van der Waals surface area contributed by atoms with Gasteiger partial charge >= 0.3 is 0 Å². The molecule has 3 N–H and O–H groups in total. The zero-order chi connectivity index (χ0) is 14.6. The van der Waals surface area contributed by atoms with Gasteiger partial charge in [-0.25, -0.2) is 0 Å². The molecule has 19 heavy (non-hydrogen) atoms.